The number of aliphatic carboxylic acids is 1. The summed E-state index contributed by atoms with van der Waals surface area (Å²) in [6.07, 6.45) is -1.01. The Labute approximate surface area is 176 Å². The number of carboxylic acid groups (broad SMARTS) is 1. The molecule has 11 heteroatoms. The largest absolute Gasteiger partial charge is 0.480 e. The lowest BCUT2D eigenvalue weighted by atomic mass is 9.99. The number of aliphatic hydroxyl groups excluding tert-OH is 1. The van der Waals surface area contributed by atoms with Crippen molar-refractivity contribution in [3.8, 4) is 0 Å². The van der Waals surface area contributed by atoms with E-state index in [9.17, 15) is 24.3 Å². The predicted octanol–water partition coefficient (Wildman–Crippen LogP) is -1.13. The van der Waals surface area contributed by atoms with Crippen LogP contribution in [0.3, 0.4) is 0 Å². The molecule has 0 heterocycles. The van der Waals surface area contributed by atoms with E-state index in [0.717, 1.165) is 0 Å². The summed E-state index contributed by atoms with van der Waals surface area (Å²) in [5, 5.41) is 26.0. The number of amides is 3. The van der Waals surface area contributed by atoms with Crippen LogP contribution < -0.4 is 21.7 Å². The van der Waals surface area contributed by atoms with E-state index in [0.29, 0.717) is 6.42 Å². The summed E-state index contributed by atoms with van der Waals surface area (Å²) < 4.78 is 0. The SMILES string of the molecule is CC(C)CC(NC(=O)C(N)CS)C(=O)NC(C(=O)NC(C(=O)O)C(C)O)C(C)C. The summed E-state index contributed by atoms with van der Waals surface area (Å²) in [6, 6.07) is -4.38. The molecule has 0 bridgehead atoms. The van der Waals surface area contributed by atoms with Crippen molar-refractivity contribution in [3.05, 3.63) is 0 Å². The monoisotopic (exact) mass is 434 g/mol. The highest BCUT2D eigenvalue weighted by atomic mass is 32.1. The molecule has 0 aliphatic rings. The van der Waals surface area contributed by atoms with Crippen molar-refractivity contribution in [1.29, 1.82) is 0 Å². The van der Waals surface area contributed by atoms with Crippen LogP contribution in [-0.2, 0) is 19.2 Å². The average Bonchev–Trinajstić information content (AvgIpc) is 2.60. The van der Waals surface area contributed by atoms with Gasteiger partial charge in [-0.25, -0.2) is 4.79 Å². The van der Waals surface area contributed by atoms with Gasteiger partial charge < -0.3 is 31.9 Å². The van der Waals surface area contributed by atoms with Crippen LogP contribution in [0.4, 0.5) is 0 Å². The molecule has 5 unspecified atom stereocenters. The second-order valence-corrected chi connectivity index (χ2v) is 8.14. The predicted molar refractivity (Wildman–Crippen MR) is 111 cm³/mol. The molecule has 5 atom stereocenters. The standard InChI is InChI=1S/C18H34N4O6S/c1-8(2)6-12(20-15(24)11(19)7-29)16(25)21-13(9(3)4)17(26)22-14(10(5)23)18(27)28/h8-14,23,29H,6-7,19H2,1-5H3,(H,20,24)(H,21,25)(H,22,26)(H,27,28). The van der Waals surface area contributed by atoms with Crippen LogP contribution in [0, 0.1) is 11.8 Å². The highest BCUT2D eigenvalue weighted by Crippen LogP contribution is 2.09. The fraction of sp³-hybridized carbons (Fsp3) is 0.778. The van der Waals surface area contributed by atoms with Gasteiger partial charge >= 0.3 is 5.97 Å². The molecule has 10 nitrogen and oxygen atoms in total. The van der Waals surface area contributed by atoms with Crippen molar-refractivity contribution < 1.29 is 29.4 Å². The van der Waals surface area contributed by atoms with Crippen molar-refractivity contribution in [3.63, 3.8) is 0 Å². The lowest BCUT2D eigenvalue weighted by Crippen LogP contribution is -2.59. The summed E-state index contributed by atoms with van der Waals surface area (Å²) in [5.41, 5.74) is 5.64. The Morgan fingerprint density at radius 1 is 0.897 bits per heavy atom. The molecule has 0 aromatic carbocycles. The highest BCUT2D eigenvalue weighted by molar-refractivity contribution is 7.80. The zero-order valence-corrected chi connectivity index (χ0v) is 18.4. The van der Waals surface area contributed by atoms with Gasteiger partial charge in [0.25, 0.3) is 0 Å². The van der Waals surface area contributed by atoms with Gasteiger partial charge in [0.2, 0.25) is 17.7 Å². The fourth-order valence-electron chi connectivity index (χ4n) is 2.49. The molecular formula is C18H34N4O6S. The molecule has 0 aromatic heterocycles. The molecule has 0 saturated heterocycles. The van der Waals surface area contributed by atoms with Gasteiger partial charge in [0.05, 0.1) is 12.1 Å². The van der Waals surface area contributed by atoms with Gasteiger partial charge in [-0.05, 0) is 25.2 Å². The number of carbonyl (C=O) groups excluding carboxylic acids is 3. The molecular weight excluding hydrogens is 400 g/mol. The second-order valence-electron chi connectivity index (χ2n) is 7.78. The number of hydrogen-bond acceptors (Lipinski definition) is 7. The van der Waals surface area contributed by atoms with Crippen LogP contribution in [0.2, 0.25) is 0 Å². The van der Waals surface area contributed by atoms with Crippen molar-refractivity contribution in [1.82, 2.24) is 16.0 Å². The Hall–Kier alpha value is -1.85. The molecule has 0 rings (SSSR count). The van der Waals surface area contributed by atoms with Crippen LogP contribution in [0.1, 0.15) is 41.0 Å². The molecule has 0 aliphatic heterocycles. The first kappa shape index (κ1) is 27.1. The zero-order chi connectivity index (χ0) is 22.9. The van der Waals surface area contributed by atoms with E-state index >= 15 is 0 Å². The topological polar surface area (TPSA) is 171 Å². The second kappa shape index (κ2) is 12.7. The van der Waals surface area contributed by atoms with E-state index in [1.165, 1.54) is 6.92 Å². The van der Waals surface area contributed by atoms with Gasteiger partial charge in [-0.3, -0.25) is 14.4 Å². The molecule has 3 amide bonds. The molecule has 168 valence electrons. The number of hydrogen-bond donors (Lipinski definition) is 7. The number of nitrogens with two attached hydrogens (primary N) is 1. The van der Waals surface area contributed by atoms with Crippen LogP contribution >= 0.6 is 12.6 Å². The number of carbonyl (C=O) groups is 4. The van der Waals surface area contributed by atoms with E-state index in [1.54, 1.807) is 13.8 Å². The van der Waals surface area contributed by atoms with E-state index < -0.39 is 54.0 Å². The Balaban J connectivity index is 5.38. The summed E-state index contributed by atoms with van der Waals surface area (Å²) >= 11 is 3.97. The van der Waals surface area contributed by atoms with Crippen molar-refractivity contribution in [2.45, 2.75) is 71.3 Å². The lowest BCUT2D eigenvalue weighted by Gasteiger charge is -2.28. The molecule has 0 aromatic rings. The number of nitrogens with one attached hydrogen (secondary N) is 3. The third-order valence-electron chi connectivity index (χ3n) is 4.17. The summed E-state index contributed by atoms with van der Waals surface area (Å²) in [5.74, 6) is -3.47. The maximum absolute atomic E-state index is 12.8. The van der Waals surface area contributed by atoms with Crippen molar-refractivity contribution in [2.24, 2.45) is 17.6 Å². The Bertz CT molecular complexity index is 585. The first-order valence-corrected chi connectivity index (χ1v) is 10.1. The Morgan fingerprint density at radius 3 is 1.79 bits per heavy atom. The third-order valence-corrected chi connectivity index (χ3v) is 4.56. The molecule has 0 radical (unpaired) electrons. The van der Waals surface area contributed by atoms with E-state index in [2.05, 4.69) is 28.6 Å². The van der Waals surface area contributed by atoms with Gasteiger partial charge in [0, 0.05) is 5.75 Å². The maximum Gasteiger partial charge on any atom is 0.328 e. The smallest absolute Gasteiger partial charge is 0.328 e. The van der Waals surface area contributed by atoms with Gasteiger partial charge in [0.15, 0.2) is 6.04 Å². The number of carboxylic acids is 1. The third kappa shape index (κ3) is 9.46. The molecule has 29 heavy (non-hydrogen) atoms. The summed E-state index contributed by atoms with van der Waals surface area (Å²) in [4.78, 5) is 48.6. The molecule has 0 fully saturated rings. The molecule has 0 spiro atoms. The van der Waals surface area contributed by atoms with E-state index in [4.69, 9.17) is 10.8 Å². The van der Waals surface area contributed by atoms with Crippen LogP contribution in [-0.4, -0.2) is 69.9 Å². The van der Waals surface area contributed by atoms with E-state index in [1.807, 2.05) is 13.8 Å². The Morgan fingerprint density at radius 2 is 1.41 bits per heavy atom. The number of rotatable bonds is 12. The number of thiol groups is 1. The summed E-state index contributed by atoms with van der Waals surface area (Å²) in [6.45, 7) is 8.33. The number of aliphatic hydroxyl groups is 1. The first-order chi connectivity index (χ1) is 13.3. The maximum atomic E-state index is 12.8. The van der Waals surface area contributed by atoms with Crippen molar-refractivity contribution in [2.75, 3.05) is 5.75 Å². The molecule has 7 N–H and O–H groups in total. The first-order valence-electron chi connectivity index (χ1n) is 9.50. The van der Waals surface area contributed by atoms with Gasteiger partial charge in [-0.15, -0.1) is 0 Å². The van der Waals surface area contributed by atoms with E-state index in [-0.39, 0.29) is 17.6 Å². The van der Waals surface area contributed by atoms with Crippen LogP contribution in [0.15, 0.2) is 0 Å². The highest BCUT2D eigenvalue weighted by Gasteiger charge is 2.33. The minimum absolute atomic E-state index is 0.0660. The fourth-order valence-corrected chi connectivity index (χ4v) is 2.65. The Kier molecular flexibility index (Phi) is 11.8. The zero-order valence-electron chi connectivity index (χ0n) is 17.5. The molecule has 0 aliphatic carbocycles. The summed E-state index contributed by atoms with van der Waals surface area (Å²) in [7, 11) is 0. The molecule has 0 saturated carbocycles. The normalized spacial score (nSPS) is 16.5. The van der Waals surface area contributed by atoms with Gasteiger partial charge in [0.1, 0.15) is 12.1 Å². The van der Waals surface area contributed by atoms with Crippen molar-refractivity contribution >= 4 is 36.3 Å². The van der Waals surface area contributed by atoms with Gasteiger partial charge in [-0.1, -0.05) is 27.7 Å². The minimum Gasteiger partial charge on any atom is -0.480 e. The average molecular weight is 435 g/mol. The van der Waals surface area contributed by atoms with Crippen LogP contribution in [0.25, 0.3) is 0 Å². The minimum atomic E-state index is -1.51. The van der Waals surface area contributed by atoms with Gasteiger partial charge in [-0.2, -0.15) is 12.6 Å². The van der Waals surface area contributed by atoms with Crippen LogP contribution in [0.5, 0.6) is 0 Å². The quantitative estimate of drug-likeness (QED) is 0.190. The lowest BCUT2D eigenvalue weighted by molar-refractivity contribution is -0.145.